The zero-order valence-electron chi connectivity index (χ0n) is 18.6. The molecule has 2 aliphatic heterocycles. The van der Waals surface area contributed by atoms with Crippen LogP contribution in [0.25, 0.3) is 22.5 Å². The number of pyridine rings is 1. The Morgan fingerprint density at radius 2 is 1.73 bits per heavy atom. The maximum absolute atomic E-state index is 13.5. The molecule has 0 radical (unpaired) electrons. The number of aromatic nitrogens is 3. The van der Waals surface area contributed by atoms with E-state index in [0.717, 1.165) is 46.7 Å². The van der Waals surface area contributed by atoms with Crippen LogP contribution >= 0.6 is 0 Å². The largest absolute Gasteiger partial charge is 0.406 e. The summed E-state index contributed by atoms with van der Waals surface area (Å²) < 4.78 is 47.5. The minimum atomic E-state index is -4.37. The van der Waals surface area contributed by atoms with E-state index in [0.29, 0.717) is 30.3 Å². The van der Waals surface area contributed by atoms with Crippen molar-refractivity contribution in [2.75, 3.05) is 24.7 Å². The fourth-order valence-electron chi connectivity index (χ4n) is 4.72. The molecule has 0 atom stereocenters. The SMILES string of the molecule is C=C1c2ccc(-c3cc(C)nc(C)c3)cc2-n2nc(C3CCOCC3)cc2N1CC(F)(F)F. The lowest BCUT2D eigenvalue weighted by Crippen LogP contribution is -2.36. The van der Waals surface area contributed by atoms with Crippen molar-refractivity contribution < 1.29 is 17.9 Å². The Bertz CT molecular complexity index is 1200. The molecule has 5 rings (SSSR count). The summed E-state index contributed by atoms with van der Waals surface area (Å²) in [6.45, 7) is 8.06. The van der Waals surface area contributed by atoms with Crippen LogP contribution in [0.4, 0.5) is 19.0 Å². The highest BCUT2D eigenvalue weighted by molar-refractivity contribution is 5.87. The molecule has 0 N–H and O–H groups in total. The lowest BCUT2D eigenvalue weighted by atomic mass is 9.96. The number of halogens is 3. The number of ether oxygens (including phenoxy) is 1. The molecule has 1 fully saturated rings. The van der Waals surface area contributed by atoms with E-state index in [1.54, 1.807) is 10.7 Å². The summed E-state index contributed by atoms with van der Waals surface area (Å²) in [6, 6.07) is 11.5. The molecule has 0 spiro atoms. The zero-order chi connectivity index (χ0) is 23.3. The summed E-state index contributed by atoms with van der Waals surface area (Å²) in [5.41, 5.74) is 6.26. The molecule has 172 valence electrons. The van der Waals surface area contributed by atoms with E-state index < -0.39 is 12.7 Å². The van der Waals surface area contributed by atoms with Crippen molar-refractivity contribution in [2.45, 2.75) is 38.8 Å². The molecule has 0 aliphatic carbocycles. The number of benzene rings is 1. The van der Waals surface area contributed by atoms with Gasteiger partial charge in [-0.15, -0.1) is 0 Å². The van der Waals surface area contributed by atoms with Crippen LogP contribution in [-0.4, -0.2) is 40.7 Å². The molecule has 0 amide bonds. The third-order valence-electron chi connectivity index (χ3n) is 6.24. The van der Waals surface area contributed by atoms with Gasteiger partial charge in [0.1, 0.15) is 12.4 Å². The Labute approximate surface area is 190 Å². The Morgan fingerprint density at radius 1 is 1.03 bits per heavy atom. The van der Waals surface area contributed by atoms with Crippen LogP contribution in [0.1, 0.15) is 41.4 Å². The monoisotopic (exact) mass is 454 g/mol. The molecule has 2 aliphatic rings. The fraction of sp³-hybridized carbons (Fsp3) is 0.360. The van der Waals surface area contributed by atoms with Crippen LogP contribution in [0.2, 0.25) is 0 Å². The van der Waals surface area contributed by atoms with Gasteiger partial charge >= 0.3 is 6.18 Å². The van der Waals surface area contributed by atoms with Gasteiger partial charge in [-0.2, -0.15) is 18.3 Å². The second kappa shape index (κ2) is 8.02. The van der Waals surface area contributed by atoms with E-state index in [1.807, 2.05) is 44.2 Å². The first kappa shape index (κ1) is 21.7. The first-order chi connectivity index (χ1) is 15.7. The summed E-state index contributed by atoms with van der Waals surface area (Å²) in [6.07, 6.45) is -2.77. The summed E-state index contributed by atoms with van der Waals surface area (Å²) in [5.74, 6) is 0.556. The molecule has 0 bridgehead atoms. The lowest BCUT2D eigenvalue weighted by Gasteiger charge is -2.33. The predicted molar refractivity (Wildman–Crippen MR) is 121 cm³/mol. The minimum Gasteiger partial charge on any atom is -0.381 e. The average molecular weight is 454 g/mol. The Kier molecular flexibility index (Phi) is 5.28. The normalized spacial score (nSPS) is 16.6. The number of anilines is 1. The number of hydrogen-bond acceptors (Lipinski definition) is 4. The van der Waals surface area contributed by atoms with Gasteiger partial charge < -0.3 is 9.64 Å². The van der Waals surface area contributed by atoms with E-state index in [9.17, 15) is 13.2 Å². The van der Waals surface area contributed by atoms with Crippen LogP contribution in [-0.2, 0) is 4.74 Å². The highest BCUT2D eigenvalue weighted by Gasteiger charge is 2.37. The van der Waals surface area contributed by atoms with Crippen molar-refractivity contribution in [3.8, 4) is 16.8 Å². The number of hydrogen-bond donors (Lipinski definition) is 0. The molecule has 0 unspecified atom stereocenters. The summed E-state index contributed by atoms with van der Waals surface area (Å²) in [4.78, 5) is 5.66. The lowest BCUT2D eigenvalue weighted by molar-refractivity contribution is -0.118. The van der Waals surface area contributed by atoms with Crippen LogP contribution in [0.3, 0.4) is 0 Å². The zero-order valence-corrected chi connectivity index (χ0v) is 18.6. The van der Waals surface area contributed by atoms with E-state index in [1.165, 1.54) is 4.90 Å². The Balaban J connectivity index is 1.64. The van der Waals surface area contributed by atoms with Crippen molar-refractivity contribution in [1.29, 1.82) is 0 Å². The van der Waals surface area contributed by atoms with Crippen molar-refractivity contribution in [3.63, 3.8) is 0 Å². The molecular weight excluding hydrogens is 429 g/mol. The van der Waals surface area contributed by atoms with Gasteiger partial charge in [0.05, 0.1) is 11.4 Å². The second-order valence-electron chi connectivity index (χ2n) is 8.74. The average Bonchev–Trinajstić information content (AvgIpc) is 3.21. The molecular formula is C25H25F3N4O. The molecule has 2 aromatic heterocycles. The number of rotatable bonds is 3. The van der Waals surface area contributed by atoms with Crippen LogP contribution < -0.4 is 4.90 Å². The predicted octanol–water partition coefficient (Wildman–Crippen LogP) is 5.80. The van der Waals surface area contributed by atoms with Crippen LogP contribution in [0.15, 0.2) is 43.0 Å². The minimum absolute atomic E-state index is 0.162. The first-order valence-corrected chi connectivity index (χ1v) is 11.0. The molecule has 1 aromatic carbocycles. The van der Waals surface area contributed by atoms with E-state index >= 15 is 0 Å². The number of fused-ring (bicyclic) bond motifs is 3. The highest BCUT2D eigenvalue weighted by Crippen LogP contribution is 2.42. The van der Waals surface area contributed by atoms with Gasteiger partial charge in [-0.1, -0.05) is 18.7 Å². The van der Waals surface area contributed by atoms with Crippen LogP contribution in [0, 0.1) is 13.8 Å². The number of aryl methyl sites for hydroxylation is 2. The smallest absolute Gasteiger partial charge is 0.381 e. The van der Waals surface area contributed by atoms with Crippen LogP contribution in [0.5, 0.6) is 0 Å². The summed E-state index contributed by atoms with van der Waals surface area (Å²) >= 11 is 0. The third kappa shape index (κ3) is 4.15. The van der Waals surface area contributed by atoms with E-state index in [2.05, 4.69) is 11.6 Å². The van der Waals surface area contributed by atoms with E-state index in [-0.39, 0.29) is 5.92 Å². The molecule has 3 aromatic rings. The quantitative estimate of drug-likeness (QED) is 0.502. The fourth-order valence-corrected chi connectivity index (χ4v) is 4.72. The second-order valence-corrected chi connectivity index (χ2v) is 8.74. The molecule has 0 saturated carbocycles. The molecule has 4 heterocycles. The molecule has 1 saturated heterocycles. The van der Waals surface area contributed by atoms with Crippen molar-refractivity contribution in [3.05, 3.63) is 65.6 Å². The highest BCUT2D eigenvalue weighted by atomic mass is 19.4. The van der Waals surface area contributed by atoms with Gasteiger partial charge in [-0.25, -0.2) is 4.68 Å². The Morgan fingerprint density at radius 3 is 2.39 bits per heavy atom. The summed E-state index contributed by atoms with van der Waals surface area (Å²) in [5, 5.41) is 4.80. The summed E-state index contributed by atoms with van der Waals surface area (Å²) in [7, 11) is 0. The first-order valence-electron chi connectivity index (χ1n) is 11.0. The Hall–Kier alpha value is -3.13. The van der Waals surface area contributed by atoms with Crippen molar-refractivity contribution in [1.82, 2.24) is 14.8 Å². The number of alkyl halides is 3. The topological polar surface area (TPSA) is 43.2 Å². The number of nitrogens with zero attached hydrogens (tertiary/aromatic N) is 4. The molecule has 8 heteroatoms. The standard InChI is InChI=1S/C25H25F3N4O/c1-15-10-20(11-16(2)29-15)19-4-5-21-17(3)31(14-25(26,27)28)24-13-22(18-6-8-33-9-7-18)30-32(24)23(21)12-19/h4-5,10-13,18H,3,6-9,14H2,1-2H3. The van der Waals surface area contributed by atoms with Gasteiger partial charge in [0, 0.05) is 47.8 Å². The van der Waals surface area contributed by atoms with Gasteiger partial charge in [0.15, 0.2) is 0 Å². The van der Waals surface area contributed by atoms with E-state index in [4.69, 9.17) is 9.84 Å². The molecule has 33 heavy (non-hydrogen) atoms. The van der Waals surface area contributed by atoms with Gasteiger partial charge in [0.2, 0.25) is 0 Å². The third-order valence-corrected chi connectivity index (χ3v) is 6.24. The van der Waals surface area contributed by atoms with Gasteiger partial charge in [0.25, 0.3) is 0 Å². The van der Waals surface area contributed by atoms with Gasteiger partial charge in [-0.3, -0.25) is 4.98 Å². The van der Waals surface area contributed by atoms with Gasteiger partial charge in [-0.05, 0) is 56.0 Å². The van der Waals surface area contributed by atoms with Crippen molar-refractivity contribution in [2.24, 2.45) is 0 Å². The maximum Gasteiger partial charge on any atom is 0.406 e. The maximum atomic E-state index is 13.5. The van der Waals surface area contributed by atoms with Crippen molar-refractivity contribution >= 4 is 11.5 Å². The molecule has 5 nitrogen and oxygen atoms in total.